The number of rotatable bonds is 5. The first-order valence-corrected chi connectivity index (χ1v) is 5.96. The van der Waals surface area contributed by atoms with Crippen LogP contribution in [0.4, 0.5) is 5.69 Å². The maximum Gasteiger partial charge on any atom is 0.261 e. The highest BCUT2D eigenvalue weighted by atomic mass is 16.3. The molecule has 5 nitrogen and oxygen atoms in total. The molecular formula is C13H16N2O3. The van der Waals surface area contributed by atoms with Gasteiger partial charge in [-0.25, -0.2) is 0 Å². The Hall–Kier alpha value is -1.88. The van der Waals surface area contributed by atoms with Crippen LogP contribution in [0.25, 0.3) is 0 Å². The fourth-order valence-electron chi connectivity index (χ4n) is 1.94. The number of hydrogen-bond acceptors (Lipinski definition) is 4. The monoisotopic (exact) mass is 248 g/mol. The number of hydrogen-bond donors (Lipinski definition) is 2. The summed E-state index contributed by atoms with van der Waals surface area (Å²) in [5, 5.41) is 11.8. The molecule has 0 unspecified atom stereocenters. The van der Waals surface area contributed by atoms with E-state index in [4.69, 9.17) is 5.11 Å². The first kappa shape index (κ1) is 12.6. The molecule has 1 aromatic rings. The molecule has 2 amide bonds. The normalized spacial score (nSPS) is 14.0. The predicted molar refractivity (Wildman–Crippen MR) is 67.7 cm³/mol. The van der Waals surface area contributed by atoms with Crippen molar-refractivity contribution in [3.05, 3.63) is 29.3 Å². The van der Waals surface area contributed by atoms with E-state index in [9.17, 15) is 9.59 Å². The lowest BCUT2D eigenvalue weighted by Gasteiger charge is -2.06. The van der Waals surface area contributed by atoms with E-state index in [-0.39, 0.29) is 18.4 Å². The number of carbonyl (C=O) groups is 2. The van der Waals surface area contributed by atoms with E-state index in [1.54, 1.807) is 18.2 Å². The van der Waals surface area contributed by atoms with Gasteiger partial charge in [0.2, 0.25) is 0 Å². The van der Waals surface area contributed by atoms with Crippen molar-refractivity contribution in [3.63, 3.8) is 0 Å². The van der Waals surface area contributed by atoms with Gasteiger partial charge in [0.1, 0.15) is 0 Å². The van der Waals surface area contributed by atoms with Crippen LogP contribution in [-0.4, -0.2) is 42.0 Å². The molecule has 1 aliphatic heterocycles. The summed E-state index contributed by atoms with van der Waals surface area (Å²) in [4.78, 5) is 24.6. The molecule has 2 rings (SSSR count). The Labute approximate surface area is 105 Å². The molecule has 5 heteroatoms. The Balaban J connectivity index is 2.09. The van der Waals surface area contributed by atoms with Gasteiger partial charge >= 0.3 is 0 Å². The van der Waals surface area contributed by atoms with Crippen LogP contribution in [0.3, 0.4) is 0 Å². The van der Waals surface area contributed by atoms with E-state index in [0.717, 1.165) is 30.0 Å². The van der Waals surface area contributed by atoms with Gasteiger partial charge in [0.25, 0.3) is 11.8 Å². The summed E-state index contributed by atoms with van der Waals surface area (Å²) < 4.78 is 0. The first-order chi connectivity index (χ1) is 8.65. The molecule has 0 saturated carbocycles. The molecule has 0 aromatic heterocycles. The van der Waals surface area contributed by atoms with Gasteiger partial charge in [-0.05, 0) is 31.0 Å². The SMILES string of the molecule is CN1C(=O)c2ccc(NCCCCO)cc2C1=O. The average molecular weight is 248 g/mol. The second kappa shape index (κ2) is 5.18. The zero-order valence-electron chi connectivity index (χ0n) is 10.3. The first-order valence-electron chi connectivity index (χ1n) is 5.96. The Kier molecular flexibility index (Phi) is 3.62. The lowest BCUT2D eigenvalue weighted by Crippen LogP contribution is -2.24. The molecule has 0 atom stereocenters. The number of carbonyl (C=O) groups excluding carboxylic acids is 2. The number of unbranched alkanes of at least 4 members (excludes halogenated alkanes) is 1. The van der Waals surface area contributed by atoms with E-state index in [1.165, 1.54) is 7.05 Å². The fraction of sp³-hybridized carbons (Fsp3) is 0.385. The number of amides is 2. The van der Waals surface area contributed by atoms with Crippen molar-refractivity contribution in [2.24, 2.45) is 0 Å². The average Bonchev–Trinajstić information content (AvgIpc) is 2.60. The third kappa shape index (κ3) is 2.22. The van der Waals surface area contributed by atoms with Crippen LogP contribution >= 0.6 is 0 Å². The quantitative estimate of drug-likeness (QED) is 0.604. The molecule has 0 fully saturated rings. The standard InChI is InChI=1S/C13H16N2O3/c1-15-12(17)10-5-4-9(8-11(10)13(15)18)14-6-2-3-7-16/h4-5,8,14,16H,2-3,6-7H2,1H3. The van der Waals surface area contributed by atoms with Crippen LogP contribution in [0.1, 0.15) is 33.6 Å². The maximum atomic E-state index is 11.8. The number of fused-ring (bicyclic) bond motifs is 1. The zero-order valence-corrected chi connectivity index (χ0v) is 10.3. The van der Waals surface area contributed by atoms with Gasteiger partial charge in [-0.2, -0.15) is 0 Å². The van der Waals surface area contributed by atoms with Crippen molar-refractivity contribution in [1.29, 1.82) is 0 Å². The number of imide groups is 1. The highest BCUT2D eigenvalue weighted by Gasteiger charge is 2.32. The summed E-state index contributed by atoms with van der Waals surface area (Å²) in [5.41, 5.74) is 1.74. The van der Waals surface area contributed by atoms with Gasteiger partial charge in [-0.15, -0.1) is 0 Å². The summed E-state index contributed by atoms with van der Waals surface area (Å²) in [7, 11) is 1.49. The number of benzene rings is 1. The van der Waals surface area contributed by atoms with Gasteiger partial charge in [-0.3, -0.25) is 14.5 Å². The fourth-order valence-corrected chi connectivity index (χ4v) is 1.94. The Morgan fingerprint density at radius 1 is 1.17 bits per heavy atom. The molecule has 1 aromatic carbocycles. The van der Waals surface area contributed by atoms with Gasteiger partial charge in [0.15, 0.2) is 0 Å². The van der Waals surface area contributed by atoms with E-state index < -0.39 is 0 Å². The van der Waals surface area contributed by atoms with E-state index in [2.05, 4.69) is 5.32 Å². The maximum absolute atomic E-state index is 11.8. The molecular weight excluding hydrogens is 232 g/mol. The summed E-state index contributed by atoms with van der Waals surface area (Å²) >= 11 is 0. The van der Waals surface area contributed by atoms with Gasteiger partial charge in [0.05, 0.1) is 11.1 Å². The van der Waals surface area contributed by atoms with Gasteiger partial charge in [-0.1, -0.05) is 0 Å². The van der Waals surface area contributed by atoms with E-state index >= 15 is 0 Å². The number of anilines is 1. The second-order valence-corrected chi connectivity index (χ2v) is 4.29. The van der Waals surface area contributed by atoms with Crippen molar-refractivity contribution in [2.75, 3.05) is 25.5 Å². The lowest BCUT2D eigenvalue weighted by molar-refractivity contribution is 0.0693. The molecule has 96 valence electrons. The summed E-state index contributed by atoms with van der Waals surface area (Å²) in [5.74, 6) is -0.504. The summed E-state index contributed by atoms with van der Waals surface area (Å²) in [6.07, 6.45) is 1.61. The van der Waals surface area contributed by atoms with Crippen LogP contribution < -0.4 is 5.32 Å². The Morgan fingerprint density at radius 2 is 1.89 bits per heavy atom. The number of nitrogens with one attached hydrogen (secondary N) is 1. The predicted octanol–water partition coefficient (Wildman–Crippen LogP) is 1.10. The number of nitrogens with zero attached hydrogens (tertiary/aromatic N) is 1. The largest absolute Gasteiger partial charge is 0.396 e. The van der Waals surface area contributed by atoms with Crippen molar-refractivity contribution in [1.82, 2.24) is 4.90 Å². The molecule has 2 N–H and O–H groups in total. The van der Waals surface area contributed by atoms with Crippen LogP contribution in [0.15, 0.2) is 18.2 Å². The van der Waals surface area contributed by atoms with Crippen LogP contribution in [-0.2, 0) is 0 Å². The highest BCUT2D eigenvalue weighted by molar-refractivity contribution is 6.21. The lowest BCUT2D eigenvalue weighted by atomic mass is 10.1. The van der Waals surface area contributed by atoms with Gasteiger partial charge < -0.3 is 10.4 Å². The molecule has 0 aliphatic carbocycles. The molecule has 18 heavy (non-hydrogen) atoms. The van der Waals surface area contributed by atoms with Crippen molar-refractivity contribution in [3.8, 4) is 0 Å². The van der Waals surface area contributed by atoms with Crippen molar-refractivity contribution < 1.29 is 14.7 Å². The third-order valence-corrected chi connectivity index (χ3v) is 3.00. The third-order valence-electron chi connectivity index (χ3n) is 3.00. The van der Waals surface area contributed by atoms with Crippen molar-refractivity contribution >= 4 is 17.5 Å². The topological polar surface area (TPSA) is 69.6 Å². The smallest absolute Gasteiger partial charge is 0.261 e. The summed E-state index contributed by atoms with van der Waals surface area (Å²) in [6, 6.07) is 5.17. The van der Waals surface area contributed by atoms with E-state index in [0.29, 0.717) is 11.1 Å². The van der Waals surface area contributed by atoms with Crippen LogP contribution in [0.5, 0.6) is 0 Å². The van der Waals surface area contributed by atoms with E-state index in [1.807, 2.05) is 0 Å². The number of aliphatic hydroxyl groups excluding tert-OH is 1. The molecule has 1 heterocycles. The minimum atomic E-state index is -0.256. The molecule has 1 aliphatic rings. The minimum absolute atomic E-state index is 0.184. The molecule has 0 saturated heterocycles. The molecule has 0 spiro atoms. The summed E-state index contributed by atoms with van der Waals surface area (Å²) in [6.45, 7) is 0.918. The number of aliphatic hydroxyl groups is 1. The highest BCUT2D eigenvalue weighted by Crippen LogP contribution is 2.24. The van der Waals surface area contributed by atoms with Crippen LogP contribution in [0, 0.1) is 0 Å². The second-order valence-electron chi connectivity index (χ2n) is 4.29. The Morgan fingerprint density at radius 3 is 2.61 bits per heavy atom. The van der Waals surface area contributed by atoms with Crippen molar-refractivity contribution in [2.45, 2.75) is 12.8 Å². The van der Waals surface area contributed by atoms with Crippen LogP contribution in [0.2, 0.25) is 0 Å². The minimum Gasteiger partial charge on any atom is -0.396 e. The zero-order chi connectivity index (χ0) is 13.1. The Bertz CT molecular complexity index is 485. The molecule has 0 radical (unpaired) electrons. The van der Waals surface area contributed by atoms with Gasteiger partial charge in [0, 0.05) is 25.9 Å². The molecule has 0 bridgehead atoms.